The van der Waals surface area contributed by atoms with E-state index in [2.05, 4.69) is 5.32 Å². The van der Waals surface area contributed by atoms with Crippen LogP contribution in [0.5, 0.6) is 0 Å². The van der Waals surface area contributed by atoms with Gasteiger partial charge in [0.25, 0.3) is 0 Å². The van der Waals surface area contributed by atoms with Crippen LogP contribution in [0.25, 0.3) is 0 Å². The highest BCUT2D eigenvalue weighted by Crippen LogP contribution is 2.19. The first kappa shape index (κ1) is 16.5. The van der Waals surface area contributed by atoms with Crippen LogP contribution < -0.4 is 10.2 Å². The number of carboxylic acids is 2. The summed E-state index contributed by atoms with van der Waals surface area (Å²) < 4.78 is 0. The largest absolute Gasteiger partial charge is 0.481 e. The van der Waals surface area contributed by atoms with Gasteiger partial charge in [-0.15, -0.1) is 0 Å². The number of urea groups is 1. The molecule has 7 nitrogen and oxygen atoms in total. The maximum absolute atomic E-state index is 12.2. The second-order valence-electron chi connectivity index (χ2n) is 4.47. The van der Waals surface area contributed by atoms with E-state index in [1.807, 2.05) is 19.1 Å². The standard InChI is InChI=1S/C14H18N2O5/c1-3-16(11-7-5-4-6-9(11)2)14(21)15-10(13(19)20)8-12(17)18/h4-7,10H,3,8H2,1-2H3,(H,15,21)(H,17,18)(H,19,20). The highest BCUT2D eigenvalue weighted by atomic mass is 16.4. The smallest absolute Gasteiger partial charge is 0.326 e. The van der Waals surface area contributed by atoms with Gasteiger partial charge in [0.05, 0.1) is 6.42 Å². The normalized spacial score (nSPS) is 11.5. The van der Waals surface area contributed by atoms with Gasteiger partial charge in [0.15, 0.2) is 0 Å². The van der Waals surface area contributed by atoms with E-state index in [1.54, 1.807) is 19.1 Å². The van der Waals surface area contributed by atoms with Crippen molar-refractivity contribution in [2.24, 2.45) is 0 Å². The molecule has 7 heteroatoms. The van der Waals surface area contributed by atoms with Crippen molar-refractivity contribution in [3.05, 3.63) is 29.8 Å². The van der Waals surface area contributed by atoms with Crippen molar-refractivity contribution in [1.82, 2.24) is 5.32 Å². The minimum atomic E-state index is -1.46. The minimum absolute atomic E-state index is 0.329. The number of carbonyl (C=O) groups excluding carboxylic acids is 1. The van der Waals surface area contributed by atoms with Crippen LogP contribution in [0, 0.1) is 6.92 Å². The molecule has 1 aromatic rings. The quantitative estimate of drug-likeness (QED) is 0.736. The Hall–Kier alpha value is -2.57. The first-order valence-electron chi connectivity index (χ1n) is 6.45. The number of amides is 2. The third-order valence-corrected chi connectivity index (χ3v) is 2.94. The van der Waals surface area contributed by atoms with Crippen LogP contribution in [0.3, 0.4) is 0 Å². The molecule has 21 heavy (non-hydrogen) atoms. The van der Waals surface area contributed by atoms with Crippen LogP contribution in [0.15, 0.2) is 24.3 Å². The molecule has 0 heterocycles. The van der Waals surface area contributed by atoms with Crippen molar-refractivity contribution in [1.29, 1.82) is 0 Å². The Morgan fingerprint density at radius 3 is 2.33 bits per heavy atom. The number of hydrogen-bond acceptors (Lipinski definition) is 3. The van der Waals surface area contributed by atoms with Crippen molar-refractivity contribution in [3.8, 4) is 0 Å². The fourth-order valence-corrected chi connectivity index (χ4v) is 1.89. The van der Waals surface area contributed by atoms with Crippen molar-refractivity contribution >= 4 is 23.7 Å². The van der Waals surface area contributed by atoms with E-state index in [-0.39, 0.29) is 0 Å². The molecule has 0 aliphatic carbocycles. The highest BCUT2D eigenvalue weighted by Gasteiger charge is 2.26. The summed E-state index contributed by atoms with van der Waals surface area (Å²) in [5.41, 5.74) is 1.51. The molecular formula is C14H18N2O5. The topological polar surface area (TPSA) is 107 Å². The maximum atomic E-state index is 12.2. The SMILES string of the molecule is CCN(C(=O)NC(CC(=O)O)C(=O)O)c1ccccc1C. The number of hydrogen-bond donors (Lipinski definition) is 3. The van der Waals surface area contributed by atoms with Crippen LogP contribution >= 0.6 is 0 Å². The van der Waals surface area contributed by atoms with Gasteiger partial charge >= 0.3 is 18.0 Å². The highest BCUT2D eigenvalue weighted by molar-refractivity contribution is 5.95. The molecule has 2 amide bonds. The Kier molecular flexibility index (Phi) is 5.71. The van der Waals surface area contributed by atoms with E-state index in [1.165, 1.54) is 4.90 Å². The van der Waals surface area contributed by atoms with Crippen LogP contribution in [0.4, 0.5) is 10.5 Å². The fourth-order valence-electron chi connectivity index (χ4n) is 1.89. The van der Waals surface area contributed by atoms with E-state index < -0.39 is 30.4 Å². The predicted octanol–water partition coefficient (Wildman–Crippen LogP) is 1.46. The summed E-state index contributed by atoms with van der Waals surface area (Å²) in [4.78, 5) is 35.2. The third-order valence-electron chi connectivity index (χ3n) is 2.94. The summed E-state index contributed by atoms with van der Waals surface area (Å²) in [6.07, 6.45) is -0.674. The van der Waals surface area contributed by atoms with Gasteiger partial charge in [-0.3, -0.25) is 9.69 Å². The number of carbonyl (C=O) groups is 3. The molecule has 0 spiro atoms. The summed E-state index contributed by atoms with van der Waals surface area (Å²) in [6.45, 7) is 3.91. The van der Waals surface area contributed by atoms with Gasteiger partial charge in [0.1, 0.15) is 6.04 Å². The lowest BCUT2D eigenvalue weighted by molar-refractivity contribution is -0.145. The molecule has 0 bridgehead atoms. The number of anilines is 1. The summed E-state index contributed by atoms with van der Waals surface area (Å²) >= 11 is 0. The fraction of sp³-hybridized carbons (Fsp3) is 0.357. The molecule has 0 saturated carbocycles. The number of aliphatic carboxylic acids is 2. The van der Waals surface area contributed by atoms with Gasteiger partial charge in [-0.25, -0.2) is 9.59 Å². The molecular weight excluding hydrogens is 276 g/mol. The first-order chi connectivity index (χ1) is 9.86. The van der Waals surface area contributed by atoms with Gasteiger partial charge in [0, 0.05) is 12.2 Å². The maximum Gasteiger partial charge on any atom is 0.326 e. The molecule has 1 atom stereocenters. The van der Waals surface area contributed by atoms with Gasteiger partial charge in [-0.05, 0) is 25.5 Å². The number of nitrogens with one attached hydrogen (secondary N) is 1. The molecule has 1 aromatic carbocycles. The van der Waals surface area contributed by atoms with Crippen molar-refractivity contribution in [3.63, 3.8) is 0 Å². The lowest BCUT2D eigenvalue weighted by Crippen LogP contribution is -2.49. The Morgan fingerprint density at radius 1 is 1.24 bits per heavy atom. The van der Waals surface area contributed by atoms with E-state index in [0.717, 1.165) is 5.56 Å². The number of carboxylic acid groups (broad SMARTS) is 2. The molecule has 0 saturated heterocycles. The summed E-state index contributed by atoms with van der Waals surface area (Å²) in [7, 11) is 0. The summed E-state index contributed by atoms with van der Waals surface area (Å²) in [5.74, 6) is -2.67. The summed E-state index contributed by atoms with van der Waals surface area (Å²) in [6, 6.07) is 5.07. The molecule has 0 aromatic heterocycles. The zero-order valence-electron chi connectivity index (χ0n) is 11.9. The molecule has 1 rings (SSSR count). The second kappa shape index (κ2) is 7.28. The molecule has 0 aliphatic heterocycles. The van der Waals surface area contributed by atoms with E-state index >= 15 is 0 Å². The second-order valence-corrected chi connectivity index (χ2v) is 4.47. The van der Waals surface area contributed by atoms with Gasteiger partial charge < -0.3 is 15.5 Å². The Morgan fingerprint density at radius 2 is 1.86 bits per heavy atom. The lowest BCUT2D eigenvalue weighted by Gasteiger charge is -2.25. The molecule has 3 N–H and O–H groups in total. The lowest BCUT2D eigenvalue weighted by atomic mass is 10.2. The van der Waals surface area contributed by atoms with E-state index in [0.29, 0.717) is 12.2 Å². The zero-order chi connectivity index (χ0) is 16.0. The van der Waals surface area contributed by atoms with Crippen molar-refractivity contribution in [2.75, 3.05) is 11.4 Å². The van der Waals surface area contributed by atoms with Crippen molar-refractivity contribution < 1.29 is 24.6 Å². The molecule has 114 valence electrons. The minimum Gasteiger partial charge on any atom is -0.481 e. The monoisotopic (exact) mass is 294 g/mol. The summed E-state index contributed by atoms with van der Waals surface area (Å²) in [5, 5.41) is 19.9. The molecule has 0 aliphatic rings. The number of rotatable bonds is 6. The molecule has 1 unspecified atom stereocenters. The molecule has 0 fully saturated rings. The number of nitrogens with zero attached hydrogens (tertiary/aromatic N) is 1. The van der Waals surface area contributed by atoms with Gasteiger partial charge in [-0.1, -0.05) is 18.2 Å². The molecule has 0 radical (unpaired) electrons. The average molecular weight is 294 g/mol. The Balaban J connectivity index is 2.91. The number of benzene rings is 1. The van der Waals surface area contributed by atoms with E-state index in [9.17, 15) is 14.4 Å². The number of para-hydroxylation sites is 1. The van der Waals surface area contributed by atoms with Crippen LogP contribution in [-0.4, -0.2) is 40.8 Å². The zero-order valence-corrected chi connectivity index (χ0v) is 11.9. The third kappa shape index (κ3) is 4.48. The average Bonchev–Trinajstić information content (AvgIpc) is 2.40. The van der Waals surface area contributed by atoms with Gasteiger partial charge in [-0.2, -0.15) is 0 Å². The first-order valence-corrected chi connectivity index (χ1v) is 6.45. The van der Waals surface area contributed by atoms with Crippen LogP contribution in [-0.2, 0) is 9.59 Å². The van der Waals surface area contributed by atoms with Crippen LogP contribution in [0.2, 0.25) is 0 Å². The van der Waals surface area contributed by atoms with Crippen molar-refractivity contribution in [2.45, 2.75) is 26.3 Å². The Bertz CT molecular complexity index is 544. The van der Waals surface area contributed by atoms with E-state index in [4.69, 9.17) is 10.2 Å². The Labute approximate surface area is 122 Å². The number of aryl methyl sites for hydroxylation is 1. The predicted molar refractivity (Wildman–Crippen MR) is 76.4 cm³/mol. The van der Waals surface area contributed by atoms with Crippen LogP contribution in [0.1, 0.15) is 18.9 Å². The van der Waals surface area contributed by atoms with Gasteiger partial charge in [0.2, 0.25) is 0 Å².